The number of aliphatic carboxylic acids is 1. The number of hydrogen-bond donors (Lipinski definition) is 4. The molecule has 0 aliphatic rings. The molecule has 1 unspecified atom stereocenters. The predicted molar refractivity (Wildman–Crippen MR) is 69.8 cm³/mol. The molecule has 0 heterocycles. The second kappa shape index (κ2) is 9.20. The van der Waals surface area contributed by atoms with Crippen molar-refractivity contribution in [1.82, 2.24) is 16.0 Å². The molecule has 0 aromatic rings. The highest BCUT2D eigenvalue weighted by Crippen LogP contribution is 2.03. The molecule has 4 N–H and O–H groups in total. The van der Waals surface area contributed by atoms with Gasteiger partial charge in [0, 0.05) is 19.2 Å². The highest BCUT2D eigenvalue weighted by molar-refractivity contribution is 8.00. The molecule has 0 saturated heterocycles. The molecule has 4 amide bonds. The van der Waals surface area contributed by atoms with Gasteiger partial charge in [-0.15, -0.1) is 11.8 Å². The molecule has 0 fully saturated rings. The van der Waals surface area contributed by atoms with Crippen LogP contribution < -0.4 is 16.0 Å². The Kier molecular flexibility index (Phi) is 8.34. The van der Waals surface area contributed by atoms with Gasteiger partial charge in [-0.2, -0.15) is 0 Å². The average molecular weight is 291 g/mol. The number of rotatable bonds is 7. The van der Waals surface area contributed by atoms with E-state index in [2.05, 4.69) is 16.0 Å². The van der Waals surface area contributed by atoms with Gasteiger partial charge in [-0.3, -0.25) is 14.9 Å². The van der Waals surface area contributed by atoms with E-state index in [-0.39, 0.29) is 11.5 Å². The van der Waals surface area contributed by atoms with Crippen molar-refractivity contribution in [2.24, 2.45) is 0 Å². The van der Waals surface area contributed by atoms with E-state index in [1.165, 1.54) is 6.92 Å². The van der Waals surface area contributed by atoms with Crippen molar-refractivity contribution < 1.29 is 24.3 Å². The third-order valence-electron chi connectivity index (χ3n) is 1.78. The van der Waals surface area contributed by atoms with Crippen LogP contribution >= 0.6 is 11.8 Å². The molecule has 0 spiro atoms. The van der Waals surface area contributed by atoms with Crippen LogP contribution in [0.2, 0.25) is 0 Å². The minimum atomic E-state index is -1.17. The first kappa shape index (κ1) is 17.2. The van der Waals surface area contributed by atoms with Gasteiger partial charge in [-0.1, -0.05) is 0 Å². The highest BCUT2D eigenvalue weighted by atomic mass is 32.2. The molecule has 0 radical (unpaired) electrons. The summed E-state index contributed by atoms with van der Waals surface area (Å²) in [5.74, 6) is -2.19. The van der Waals surface area contributed by atoms with E-state index in [9.17, 15) is 19.2 Å². The number of amides is 4. The number of urea groups is 1. The first-order valence-electron chi connectivity index (χ1n) is 5.52. The van der Waals surface area contributed by atoms with E-state index in [0.717, 1.165) is 11.8 Å². The van der Waals surface area contributed by atoms with Gasteiger partial charge in [0.05, 0.1) is 5.75 Å². The summed E-state index contributed by atoms with van der Waals surface area (Å²) in [6.45, 7) is 3.32. The Morgan fingerprint density at radius 2 is 1.89 bits per heavy atom. The second-order valence-electron chi connectivity index (χ2n) is 3.51. The minimum absolute atomic E-state index is 0.0394. The number of thioether (sulfide) groups is 1. The lowest BCUT2D eigenvalue weighted by Crippen LogP contribution is -2.42. The van der Waals surface area contributed by atoms with E-state index >= 15 is 0 Å². The SMILES string of the molecule is CCNC(=O)NC(=O)CSCC(NC(C)=O)C(=O)O. The number of carbonyl (C=O) groups excluding carboxylic acids is 3. The quantitative estimate of drug-likeness (QED) is 0.484. The lowest BCUT2D eigenvalue weighted by molar-refractivity contribution is -0.140. The molecule has 0 aromatic heterocycles. The van der Waals surface area contributed by atoms with Crippen molar-refractivity contribution in [1.29, 1.82) is 0 Å². The summed E-state index contributed by atoms with van der Waals surface area (Å²) in [5.41, 5.74) is 0. The summed E-state index contributed by atoms with van der Waals surface area (Å²) < 4.78 is 0. The highest BCUT2D eigenvalue weighted by Gasteiger charge is 2.18. The smallest absolute Gasteiger partial charge is 0.327 e. The van der Waals surface area contributed by atoms with Crippen molar-refractivity contribution in [3.05, 3.63) is 0 Å². The Morgan fingerprint density at radius 3 is 2.37 bits per heavy atom. The molecular formula is C10H17N3O5S. The summed E-state index contributed by atoms with van der Waals surface area (Å²) in [4.78, 5) is 43.8. The topological polar surface area (TPSA) is 125 Å². The lowest BCUT2D eigenvalue weighted by Gasteiger charge is -2.12. The van der Waals surface area contributed by atoms with Crippen molar-refractivity contribution >= 4 is 35.6 Å². The molecule has 108 valence electrons. The van der Waals surface area contributed by atoms with Crippen molar-refractivity contribution in [2.75, 3.05) is 18.1 Å². The lowest BCUT2D eigenvalue weighted by atomic mass is 10.3. The molecule has 19 heavy (non-hydrogen) atoms. The van der Waals surface area contributed by atoms with Crippen molar-refractivity contribution in [3.8, 4) is 0 Å². The Bertz CT molecular complexity index is 361. The molecule has 0 saturated carbocycles. The number of hydrogen-bond acceptors (Lipinski definition) is 5. The molecule has 1 atom stereocenters. The molecule has 0 bridgehead atoms. The zero-order chi connectivity index (χ0) is 14.8. The van der Waals surface area contributed by atoms with Crippen LogP contribution in [0.15, 0.2) is 0 Å². The van der Waals surface area contributed by atoms with Crippen LogP contribution in [0.1, 0.15) is 13.8 Å². The third-order valence-corrected chi connectivity index (χ3v) is 2.82. The average Bonchev–Trinajstić information content (AvgIpc) is 2.27. The predicted octanol–water partition coefficient (Wildman–Crippen LogP) is -0.845. The van der Waals surface area contributed by atoms with Gasteiger partial charge < -0.3 is 15.7 Å². The zero-order valence-corrected chi connectivity index (χ0v) is 11.5. The Balaban J connectivity index is 3.98. The normalized spacial score (nSPS) is 11.3. The van der Waals surface area contributed by atoms with Gasteiger partial charge >= 0.3 is 12.0 Å². The van der Waals surface area contributed by atoms with E-state index in [1.807, 2.05) is 0 Å². The summed E-state index contributed by atoms with van der Waals surface area (Å²) in [5, 5.41) is 15.5. The number of nitrogens with one attached hydrogen (secondary N) is 3. The van der Waals surface area contributed by atoms with Crippen LogP contribution in [0.25, 0.3) is 0 Å². The first-order valence-corrected chi connectivity index (χ1v) is 6.67. The van der Waals surface area contributed by atoms with Crippen molar-refractivity contribution in [2.45, 2.75) is 19.9 Å². The molecule has 0 aliphatic heterocycles. The summed E-state index contributed by atoms with van der Waals surface area (Å²) in [6, 6.07) is -1.65. The summed E-state index contributed by atoms with van der Waals surface area (Å²) >= 11 is 1.01. The number of carbonyl (C=O) groups is 4. The molecule has 8 nitrogen and oxygen atoms in total. The van der Waals surface area contributed by atoms with Gasteiger partial charge in [0.1, 0.15) is 6.04 Å². The minimum Gasteiger partial charge on any atom is -0.480 e. The zero-order valence-electron chi connectivity index (χ0n) is 10.7. The number of carboxylic acid groups (broad SMARTS) is 1. The van der Waals surface area contributed by atoms with E-state index in [0.29, 0.717) is 6.54 Å². The fourth-order valence-electron chi connectivity index (χ4n) is 1.06. The molecule has 0 aromatic carbocycles. The third kappa shape index (κ3) is 8.89. The van der Waals surface area contributed by atoms with Gasteiger partial charge in [0.25, 0.3) is 0 Å². The van der Waals surface area contributed by atoms with Crippen LogP contribution in [0, 0.1) is 0 Å². The number of carboxylic acids is 1. The van der Waals surface area contributed by atoms with Crippen LogP contribution in [-0.4, -0.2) is 53.0 Å². The van der Waals surface area contributed by atoms with Crippen LogP contribution in [0.4, 0.5) is 4.79 Å². The second-order valence-corrected chi connectivity index (χ2v) is 4.54. The van der Waals surface area contributed by atoms with E-state index in [4.69, 9.17) is 5.11 Å². The van der Waals surface area contributed by atoms with Crippen LogP contribution in [0.5, 0.6) is 0 Å². The monoisotopic (exact) mass is 291 g/mol. The molecule has 9 heteroatoms. The van der Waals surface area contributed by atoms with E-state index in [1.54, 1.807) is 6.92 Å². The summed E-state index contributed by atoms with van der Waals surface area (Å²) in [6.07, 6.45) is 0. The Hall–Kier alpha value is -1.77. The van der Waals surface area contributed by atoms with Gasteiger partial charge in [-0.25, -0.2) is 9.59 Å². The van der Waals surface area contributed by atoms with Crippen LogP contribution in [0.3, 0.4) is 0 Å². The standard InChI is InChI=1S/C10H17N3O5S/c1-3-11-10(18)13-8(15)5-19-4-7(9(16)17)12-6(2)14/h7H,3-5H2,1-2H3,(H,12,14)(H,16,17)(H2,11,13,15,18). The molecular weight excluding hydrogens is 274 g/mol. The first-order chi connectivity index (χ1) is 8.86. The van der Waals surface area contributed by atoms with Crippen LogP contribution in [-0.2, 0) is 14.4 Å². The fourth-order valence-corrected chi connectivity index (χ4v) is 1.89. The van der Waals surface area contributed by atoms with Gasteiger partial charge in [0.15, 0.2) is 0 Å². The maximum absolute atomic E-state index is 11.3. The van der Waals surface area contributed by atoms with Gasteiger partial charge in [-0.05, 0) is 6.92 Å². The van der Waals surface area contributed by atoms with Gasteiger partial charge in [0.2, 0.25) is 11.8 Å². The number of imide groups is 1. The molecule has 0 aliphatic carbocycles. The van der Waals surface area contributed by atoms with E-state index < -0.39 is 29.9 Å². The maximum Gasteiger partial charge on any atom is 0.327 e. The Labute approximate surface area is 114 Å². The Morgan fingerprint density at radius 1 is 1.26 bits per heavy atom. The fraction of sp³-hybridized carbons (Fsp3) is 0.600. The largest absolute Gasteiger partial charge is 0.480 e. The summed E-state index contributed by atoms with van der Waals surface area (Å²) in [7, 11) is 0. The maximum atomic E-state index is 11.3. The van der Waals surface area contributed by atoms with Crippen molar-refractivity contribution in [3.63, 3.8) is 0 Å². The molecule has 0 rings (SSSR count).